The molecule has 3 aromatic rings. The number of aromatic amines is 1. The van der Waals surface area contributed by atoms with Crippen molar-refractivity contribution in [3.63, 3.8) is 0 Å². The lowest BCUT2D eigenvalue weighted by atomic mass is 10.2. The van der Waals surface area contributed by atoms with Crippen LogP contribution in [0.25, 0.3) is 10.9 Å². The van der Waals surface area contributed by atoms with Crippen LogP contribution in [-0.4, -0.2) is 20.9 Å². The summed E-state index contributed by atoms with van der Waals surface area (Å²) in [5.41, 5.74) is 1.90. The van der Waals surface area contributed by atoms with E-state index < -0.39 is 0 Å². The van der Waals surface area contributed by atoms with Crippen LogP contribution in [-0.2, 0) is 0 Å². The number of H-pyrrole nitrogens is 1. The summed E-state index contributed by atoms with van der Waals surface area (Å²) in [6.45, 7) is 1.80. The molecule has 0 saturated carbocycles. The number of hydrogen-bond donors (Lipinski definition) is 2. The maximum absolute atomic E-state index is 12.1. The molecular formula is C14H12N4O. The average molecular weight is 252 g/mol. The number of pyridine rings is 1. The van der Waals surface area contributed by atoms with Crippen LogP contribution < -0.4 is 5.32 Å². The smallest absolute Gasteiger partial charge is 0.273 e. The zero-order chi connectivity index (χ0) is 13.2. The van der Waals surface area contributed by atoms with Gasteiger partial charge in [0.15, 0.2) is 0 Å². The van der Waals surface area contributed by atoms with Crippen LogP contribution in [0.3, 0.4) is 0 Å². The number of aryl methyl sites for hydroxylation is 1. The summed E-state index contributed by atoms with van der Waals surface area (Å²) in [5.74, 6) is 0.486. The van der Waals surface area contributed by atoms with Gasteiger partial charge in [0.1, 0.15) is 11.5 Å². The van der Waals surface area contributed by atoms with E-state index in [2.05, 4.69) is 20.3 Å². The van der Waals surface area contributed by atoms with Crippen molar-refractivity contribution in [3.8, 4) is 0 Å². The first-order valence-electron chi connectivity index (χ1n) is 5.91. The van der Waals surface area contributed by atoms with E-state index in [-0.39, 0.29) is 5.91 Å². The second-order valence-corrected chi connectivity index (χ2v) is 4.22. The quantitative estimate of drug-likeness (QED) is 0.736. The number of amides is 1. The van der Waals surface area contributed by atoms with E-state index in [0.29, 0.717) is 17.2 Å². The maximum atomic E-state index is 12.1. The molecule has 1 amide bonds. The van der Waals surface area contributed by atoms with Gasteiger partial charge < -0.3 is 10.3 Å². The van der Waals surface area contributed by atoms with Gasteiger partial charge in [0, 0.05) is 11.6 Å². The fourth-order valence-corrected chi connectivity index (χ4v) is 1.93. The van der Waals surface area contributed by atoms with Crippen molar-refractivity contribution in [2.24, 2.45) is 0 Å². The molecule has 2 heterocycles. The normalized spacial score (nSPS) is 10.6. The van der Waals surface area contributed by atoms with E-state index in [0.717, 1.165) is 10.9 Å². The van der Waals surface area contributed by atoms with Crippen molar-refractivity contribution < 1.29 is 4.79 Å². The molecule has 5 heteroatoms. The van der Waals surface area contributed by atoms with Crippen molar-refractivity contribution in [2.75, 3.05) is 5.32 Å². The van der Waals surface area contributed by atoms with Gasteiger partial charge in [-0.2, -0.15) is 0 Å². The predicted octanol–water partition coefficient (Wildman–Crippen LogP) is 2.52. The second-order valence-electron chi connectivity index (χ2n) is 4.22. The van der Waals surface area contributed by atoms with Crippen LogP contribution in [0.4, 0.5) is 5.69 Å². The second kappa shape index (κ2) is 4.53. The third kappa shape index (κ3) is 2.18. The number of nitrogens with one attached hydrogen (secondary N) is 2. The number of hydrogen-bond acceptors (Lipinski definition) is 3. The SMILES string of the molecule is Cc1ncc(C(=O)Nc2cccc3cccnc23)[nH]1. The van der Waals surface area contributed by atoms with Crippen molar-refractivity contribution in [1.82, 2.24) is 15.0 Å². The Kier molecular flexibility index (Phi) is 2.72. The third-order valence-corrected chi connectivity index (χ3v) is 2.83. The van der Waals surface area contributed by atoms with E-state index in [9.17, 15) is 4.79 Å². The highest BCUT2D eigenvalue weighted by molar-refractivity contribution is 6.07. The highest BCUT2D eigenvalue weighted by Gasteiger charge is 2.10. The molecule has 2 aromatic heterocycles. The number of fused-ring (bicyclic) bond motifs is 1. The highest BCUT2D eigenvalue weighted by Crippen LogP contribution is 2.20. The van der Waals surface area contributed by atoms with Crippen molar-refractivity contribution in [1.29, 1.82) is 0 Å². The van der Waals surface area contributed by atoms with Gasteiger partial charge in [-0.1, -0.05) is 18.2 Å². The molecule has 0 unspecified atom stereocenters. The van der Waals surface area contributed by atoms with Crippen molar-refractivity contribution in [3.05, 3.63) is 54.2 Å². The number of aromatic nitrogens is 3. The molecular weight excluding hydrogens is 240 g/mol. The summed E-state index contributed by atoms with van der Waals surface area (Å²) >= 11 is 0. The molecule has 0 saturated heterocycles. The summed E-state index contributed by atoms with van der Waals surface area (Å²) in [6.07, 6.45) is 3.22. The van der Waals surface area contributed by atoms with E-state index in [1.807, 2.05) is 30.3 Å². The third-order valence-electron chi connectivity index (χ3n) is 2.83. The number of para-hydroxylation sites is 1. The van der Waals surface area contributed by atoms with Crippen molar-refractivity contribution >= 4 is 22.5 Å². The summed E-state index contributed by atoms with van der Waals surface area (Å²) in [5, 5.41) is 3.83. The lowest BCUT2D eigenvalue weighted by molar-refractivity contribution is 0.102. The number of anilines is 1. The Morgan fingerprint density at radius 2 is 2.05 bits per heavy atom. The Hall–Kier alpha value is -2.69. The molecule has 0 aliphatic heterocycles. The number of carbonyl (C=O) groups excluding carboxylic acids is 1. The van der Waals surface area contributed by atoms with Gasteiger partial charge in [-0.3, -0.25) is 9.78 Å². The minimum atomic E-state index is -0.223. The standard InChI is InChI=1S/C14H12N4O/c1-9-16-8-12(17-9)14(19)18-11-6-2-4-10-5-3-7-15-13(10)11/h2-8H,1H3,(H,16,17)(H,18,19). The van der Waals surface area contributed by atoms with Crippen LogP contribution in [0.5, 0.6) is 0 Å². The number of carbonyl (C=O) groups is 1. The summed E-state index contributed by atoms with van der Waals surface area (Å²) in [6, 6.07) is 9.50. The molecule has 0 atom stereocenters. The molecule has 1 aromatic carbocycles. The Bertz CT molecular complexity index is 743. The number of benzene rings is 1. The Balaban J connectivity index is 1.95. The lowest BCUT2D eigenvalue weighted by Crippen LogP contribution is -2.12. The van der Waals surface area contributed by atoms with Crippen LogP contribution in [0.2, 0.25) is 0 Å². The Labute approximate surface area is 109 Å². The monoisotopic (exact) mass is 252 g/mol. The van der Waals surface area contributed by atoms with Gasteiger partial charge in [0.2, 0.25) is 0 Å². The zero-order valence-electron chi connectivity index (χ0n) is 10.3. The fraction of sp³-hybridized carbons (Fsp3) is 0.0714. The van der Waals surface area contributed by atoms with E-state index in [4.69, 9.17) is 0 Å². The maximum Gasteiger partial charge on any atom is 0.273 e. The van der Waals surface area contributed by atoms with Gasteiger partial charge >= 0.3 is 0 Å². The molecule has 19 heavy (non-hydrogen) atoms. The average Bonchev–Trinajstić information content (AvgIpc) is 2.86. The molecule has 0 radical (unpaired) electrons. The predicted molar refractivity (Wildman–Crippen MR) is 73.0 cm³/mol. The van der Waals surface area contributed by atoms with E-state index in [1.54, 1.807) is 13.1 Å². The molecule has 0 spiro atoms. The minimum Gasteiger partial charge on any atom is -0.338 e. The first-order valence-corrected chi connectivity index (χ1v) is 5.91. The molecule has 0 bridgehead atoms. The first kappa shape index (κ1) is 11.4. The van der Waals surface area contributed by atoms with Crippen molar-refractivity contribution in [2.45, 2.75) is 6.92 Å². The topological polar surface area (TPSA) is 70.7 Å². The summed E-state index contributed by atoms with van der Waals surface area (Å²) < 4.78 is 0. The molecule has 94 valence electrons. The Morgan fingerprint density at radius 3 is 2.84 bits per heavy atom. The molecule has 2 N–H and O–H groups in total. The number of nitrogens with zero attached hydrogens (tertiary/aromatic N) is 2. The van der Waals surface area contributed by atoms with Crippen LogP contribution in [0, 0.1) is 6.92 Å². The minimum absolute atomic E-state index is 0.223. The molecule has 0 fully saturated rings. The number of imidazole rings is 1. The van der Waals surface area contributed by atoms with Crippen LogP contribution in [0.1, 0.15) is 16.3 Å². The largest absolute Gasteiger partial charge is 0.338 e. The fourth-order valence-electron chi connectivity index (χ4n) is 1.93. The van der Waals surface area contributed by atoms with Crippen LogP contribution >= 0.6 is 0 Å². The number of rotatable bonds is 2. The van der Waals surface area contributed by atoms with Gasteiger partial charge in [-0.25, -0.2) is 4.98 Å². The van der Waals surface area contributed by atoms with Crippen LogP contribution in [0.15, 0.2) is 42.7 Å². The summed E-state index contributed by atoms with van der Waals surface area (Å²) in [7, 11) is 0. The lowest BCUT2D eigenvalue weighted by Gasteiger charge is -2.06. The molecule has 3 rings (SSSR count). The van der Waals surface area contributed by atoms with Gasteiger partial charge in [-0.05, 0) is 19.1 Å². The van der Waals surface area contributed by atoms with Gasteiger partial charge in [0.25, 0.3) is 5.91 Å². The molecule has 0 aliphatic carbocycles. The first-order chi connectivity index (χ1) is 9.24. The Morgan fingerprint density at radius 1 is 1.21 bits per heavy atom. The van der Waals surface area contributed by atoms with E-state index >= 15 is 0 Å². The zero-order valence-corrected chi connectivity index (χ0v) is 10.3. The van der Waals surface area contributed by atoms with Gasteiger partial charge in [-0.15, -0.1) is 0 Å². The molecule has 5 nitrogen and oxygen atoms in total. The summed E-state index contributed by atoms with van der Waals surface area (Å²) in [4.78, 5) is 23.3. The van der Waals surface area contributed by atoms with E-state index in [1.165, 1.54) is 6.20 Å². The van der Waals surface area contributed by atoms with Gasteiger partial charge in [0.05, 0.1) is 17.4 Å². The highest BCUT2D eigenvalue weighted by atomic mass is 16.1. The molecule has 0 aliphatic rings.